The number of nitrogens with zero attached hydrogens (tertiary/aromatic N) is 1. The molecule has 1 atom stereocenters. The first kappa shape index (κ1) is 16.2. The molecule has 0 radical (unpaired) electrons. The molecule has 3 rings (SSSR count). The summed E-state index contributed by atoms with van der Waals surface area (Å²) in [6, 6.07) is 13.8. The Morgan fingerprint density at radius 3 is 2.65 bits per heavy atom. The summed E-state index contributed by atoms with van der Waals surface area (Å²) >= 11 is 1.52. The molecule has 1 aromatic heterocycles. The standard InChI is InChI=1S/C18H22N2O2S/c21-16(17-7-4-8-23-17)13-20(12-14-5-2-1-3-6-14)18(22)9-15-10-19-11-15/h1-8,15-16,19,21H,9-13H2. The highest BCUT2D eigenvalue weighted by molar-refractivity contribution is 7.10. The number of hydrogen-bond acceptors (Lipinski definition) is 4. The SMILES string of the molecule is O=C(CC1CNC1)N(Cc1ccccc1)CC(O)c1cccs1. The Morgan fingerprint density at radius 2 is 2.04 bits per heavy atom. The number of nitrogens with one attached hydrogen (secondary N) is 1. The summed E-state index contributed by atoms with van der Waals surface area (Å²) in [7, 11) is 0. The molecule has 122 valence electrons. The van der Waals surface area contributed by atoms with Gasteiger partial charge in [-0.05, 0) is 36.0 Å². The molecule has 1 aliphatic rings. The van der Waals surface area contributed by atoms with Gasteiger partial charge in [-0.3, -0.25) is 4.79 Å². The Bertz CT molecular complexity index is 611. The van der Waals surface area contributed by atoms with Crippen molar-refractivity contribution in [3.63, 3.8) is 0 Å². The van der Waals surface area contributed by atoms with Crippen LogP contribution >= 0.6 is 11.3 Å². The number of thiophene rings is 1. The molecule has 1 aromatic carbocycles. The number of benzene rings is 1. The van der Waals surface area contributed by atoms with Crippen LogP contribution in [-0.4, -0.2) is 35.5 Å². The van der Waals surface area contributed by atoms with E-state index in [2.05, 4.69) is 5.32 Å². The molecular formula is C18H22N2O2S. The van der Waals surface area contributed by atoms with Crippen molar-refractivity contribution >= 4 is 17.2 Å². The van der Waals surface area contributed by atoms with Gasteiger partial charge in [0.1, 0.15) is 6.10 Å². The number of aliphatic hydroxyl groups excluding tert-OH is 1. The van der Waals surface area contributed by atoms with E-state index in [-0.39, 0.29) is 5.91 Å². The minimum Gasteiger partial charge on any atom is -0.386 e. The molecule has 2 heterocycles. The summed E-state index contributed by atoms with van der Waals surface area (Å²) in [5, 5.41) is 15.6. The zero-order chi connectivity index (χ0) is 16.1. The number of carbonyl (C=O) groups is 1. The highest BCUT2D eigenvalue weighted by atomic mass is 32.1. The minimum atomic E-state index is -0.623. The number of aliphatic hydroxyl groups is 1. The van der Waals surface area contributed by atoms with Crippen molar-refractivity contribution in [2.24, 2.45) is 5.92 Å². The molecule has 0 bridgehead atoms. The minimum absolute atomic E-state index is 0.121. The third-order valence-corrected chi connectivity index (χ3v) is 5.14. The maximum absolute atomic E-state index is 12.6. The number of amides is 1. The summed E-state index contributed by atoms with van der Waals surface area (Å²) in [4.78, 5) is 15.3. The predicted octanol–water partition coefficient (Wildman–Crippen LogP) is 2.42. The lowest BCUT2D eigenvalue weighted by atomic mass is 9.98. The van der Waals surface area contributed by atoms with Gasteiger partial charge in [0.2, 0.25) is 5.91 Å². The van der Waals surface area contributed by atoms with E-state index in [0.717, 1.165) is 23.5 Å². The number of rotatable bonds is 7. The maximum Gasteiger partial charge on any atom is 0.223 e. The molecular weight excluding hydrogens is 308 g/mol. The molecule has 4 nitrogen and oxygen atoms in total. The lowest BCUT2D eigenvalue weighted by molar-refractivity contribution is -0.134. The van der Waals surface area contributed by atoms with Crippen LogP contribution in [0.15, 0.2) is 47.8 Å². The first-order valence-electron chi connectivity index (χ1n) is 7.96. The molecule has 2 N–H and O–H groups in total. The predicted molar refractivity (Wildman–Crippen MR) is 92.1 cm³/mol. The number of hydrogen-bond donors (Lipinski definition) is 2. The van der Waals surface area contributed by atoms with Crippen LogP contribution in [0.3, 0.4) is 0 Å². The van der Waals surface area contributed by atoms with Crippen molar-refractivity contribution in [2.45, 2.75) is 19.1 Å². The summed E-state index contributed by atoms with van der Waals surface area (Å²) in [5.74, 6) is 0.551. The normalized spacial score (nSPS) is 15.9. The smallest absolute Gasteiger partial charge is 0.223 e. The molecule has 2 aromatic rings. The Balaban J connectivity index is 1.68. The molecule has 1 saturated heterocycles. The number of carbonyl (C=O) groups excluding carboxylic acids is 1. The second kappa shape index (κ2) is 7.73. The summed E-state index contributed by atoms with van der Waals surface area (Å²) < 4.78 is 0. The molecule has 1 fully saturated rings. The van der Waals surface area contributed by atoms with Crippen molar-refractivity contribution in [2.75, 3.05) is 19.6 Å². The van der Waals surface area contributed by atoms with Crippen molar-refractivity contribution < 1.29 is 9.90 Å². The fourth-order valence-electron chi connectivity index (χ4n) is 2.71. The molecule has 0 aliphatic carbocycles. The summed E-state index contributed by atoms with van der Waals surface area (Å²) in [6.45, 7) is 2.72. The molecule has 1 amide bonds. The molecule has 5 heteroatoms. The Morgan fingerprint density at radius 1 is 1.26 bits per heavy atom. The van der Waals surface area contributed by atoms with Gasteiger partial charge in [0.15, 0.2) is 0 Å². The Kier molecular flexibility index (Phi) is 5.43. The summed E-state index contributed by atoms with van der Waals surface area (Å²) in [6.07, 6.45) is -0.0704. The highest BCUT2D eigenvalue weighted by Crippen LogP contribution is 2.22. The van der Waals surface area contributed by atoms with Gasteiger partial charge in [-0.25, -0.2) is 0 Å². The third kappa shape index (κ3) is 4.41. The van der Waals surface area contributed by atoms with Gasteiger partial charge in [0.05, 0.1) is 6.54 Å². The van der Waals surface area contributed by atoms with Gasteiger partial charge < -0.3 is 15.3 Å². The lowest BCUT2D eigenvalue weighted by Crippen LogP contribution is -2.45. The van der Waals surface area contributed by atoms with Crippen molar-refractivity contribution in [3.05, 3.63) is 58.3 Å². The van der Waals surface area contributed by atoms with Crippen LogP contribution in [0.2, 0.25) is 0 Å². The van der Waals surface area contributed by atoms with Crippen LogP contribution in [0.25, 0.3) is 0 Å². The van der Waals surface area contributed by atoms with Crippen molar-refractivity contribution in [3.8, 4) is 0 Å². The molecule has 1 unspecified atom stereocenters. The van der Waals surface area contributed by atoms with E-state index in [4.69, 9.17) is 0 Å². The quantitative estimate of drug-likeness (QED) is 0.820. The van der Waals surface area contributed by atoms with Crippen molar-refractivity contribution in [1.29, 1.82) is 0 Å². The van der Waals surface area contributed by atoms with E-state index in [0.29, 0.717) is 25.4 Å². The van der Waals surface area contributed by atoms with Gasteiger partial charge in [0.25, 0.3) is 0 Å². The first-order valence-corrected chi connectivity index (χ1v) is 8.84. The maximum atomic E-state index is 12.6. The Labute approximate surface area is 140 Å². The highest BCUT2D eigenvalue weighted by Gasteiger charge is 2.25. The van der Waals surface area contributed by atoms with Crippen LogP contribution in [0.1, 0.15) is 23.0 Å². The van der Waals surface area contributed by atoms with E-state index in [1.807, 2.05) is 47.8 Å². The van der Waals surface area contributed by atoms with E-state index in [1.54, 1.807) is 4.90 Å². The van der Waals surface area contributed by atoms with E-state index in [9.17, 15) is 9.90 Å². The fraction of sp³-hybridized carbons (Fsp3) is 0.389. The first-order chi connectivity index (χ1) is 11.2. The zero-order valence-corrected chi connectivity index (χ0v) is 13.8. The van der Waals surface area contributed by atoms with Gasteiger partial charge in [-0.15, -0.1) is 11.3 Å². The zero-order valence-electron chi connectivity index (χ0n) is 13.0. The molecule has 0 spiro atoms. The lowest BCUT2D eigenvalue weighted by Gasteiger charge is -2.31. The molecule has 1 aliphatic heterocycles. The van der Waals surface area contributed by atoms with Crippen LogP contribution in [0.4, 0.5) is 0 Å². The average molecular weight is 330 g/mol. The topological polar surface area (TPSA) is 52.6 Å². The molecule has 0 saturated carbocycles. The largest absolute Gasteiger partial charge is 0.386 e. The van der Waals surface area contributed by atoms with Gasteiger partial charge in [0, 0.05) is 17.8 Å². The molecule has 23 heavy (non-hydrogen) atoms. The average Bonchev–Trinajstić information content (AvgIpc) is 3.05. The van der Waals surface area contributed by atoms with Crippen LogP contribution in [-0.2, 0) is 11.3 Å². The van der Waals surface area contributed by atoms with Gasteiger partial charge in [-0.1, -0.05) is 36.4 Å². The van der Waals surface area contributed by atoms with Crippen LogP contribution < -0.4 is 5.32 Å². The van der Waals surface area contributed by atoms with Crippen LogP contribution in [0, 0.1) is 5.92 Å². The third-order valence-electron chi connectivity index (χ3n) is 4.16. The van der Waals surface area contributed by atoms with Gasteiger partial charge >= 0.3 is 0 Å². The van der Waals surface area contributed by atoms with E-state index < -0.39 is 6.10 Å². The monoisotopic (exact) mass is 330 g/mol. The second-order valence-corrected chi connectivity index (χ2v) is 7.00. The van der Waals surface area contributed by atoms with E-state index in [1.165, 1.54) is 11.3 Å². The second-order valence-electron chi connectivity index (χ2n) is 6.02. The van der Waals surface area contributed by atoms with Crippen molar-refractivity contribution in [1.82, 2.24) is 10.2 Å². The fourth-order valence-corrected chi connectivity index (χ4v) is 3.41. The van der Waals surface area contributed by atoms with Gasteiger partial charge in [-0.2, -0.15) is 0 Å². The Hall–Kier alpha value is -1.69. The van der Waals surface area contributed by atoms with E-state index >= 15 is 0 Å². The van der Waals surface area contributed by atoms with Crippen LogP contribution in [0.5, 0.6) is 0 Å². The summed E-state index contributed by atoms with van der Waals surface area (Å²) in [5.41, 5.74) is 1.09.